The van der Waals surface area contributed by atoms with Crippen LogP contribution in [-0.4, -0.2) is 18.5 Å². The van der Waals surface area contributed by atoms with Gasteiger partial charge in [0.05, 0.1) is 0 Å². The fourth-order valence-electron chi connectivity index (χ4n) is 2.31. The van der Waals surface area contributed by atoms with Gasteiger partial charge >= 0.3 is 0 Å². The second-order valence-corrected chi connectivity index (χ2v) is 6.02. The first-order chi connectivity index (χ1) is 11.0. The Morgan fingerprint density at radius 3 is 1.78 bits per heavy atom. The van der Waals surface area contributed by atoms with Gasteiger partial charge in [0.15, 0.2) is 5.96 Å². The van der Waals surface area contributed by atoms with E-state index in [1.165, 1.54) is 57.8 Å². The Morgan fingerprint density at radius 2 is 1.35 bits per heavy atom. The van der Waals surface area contributed by atoms with Crippen LogP contribution in [0.2, 0.25) is 0 Å². The molecule has 0 aromatic carbocycles. The van der Waals surface area contributed by atoms with Crippen molar-refractivity contribution in [1.29, 1.82) is 0 Å². The summed E-state index contributed by atoms with van der Waals surface area (Å²) in [6.45, 7) is 9.67. The first-order valence-corrected chi connectivity index (χ1v) is 9.41. The molecule has 0 aromatic heterocycles. The zero-order valence-electron chi connectivity index (χ0n) is 16.0. The quantitative estimate of drug-likeness (QED) is 0.301. The van der Waals surface area contributed by atoms with Gasteiger partial charge in [-0.3, -0.25) is 4.99 Å². The largest absolute Gasteiger partial charge is 0.370 e. The van der Waals surface area contributed by atoms with Crippen LogP contribution in [0.5, 0.6) is 0 Å². The van der Waals surface area contributed by atoms with Gasteiger partial charge in [-0.2, -0.15) is 4.99 Å². The Kier molecular flexibility index (Phi) is 19.6. The Balaban J connectivity index is 0. The van der Waals surface area contributed by atoms with Crippen LogP contribution in [0.1, 0.15) is 91.9 Å². The summed E-state index contributed by atoms with van der Waals surface area (Å²) in [7, 11) is 0. The molecular formula is C18H41N5. The van der Waals surface area contributed by atoms with Crippen molar-refractivity contribution in [3.63, 3.8) is 0 Å². The fourth-order valence-corrected chi connectivity index (χ4v) is 2.31. The molecule has 0 aromatic rings. The van der Waals surface area contributed by atoms with E-state index in [9.17, 15) is 0 Å². The highest BCUT2D eigenvalue weighted by atomic mass is 15.1. The Bertz CT molecular complexity index is 290. The highest BCUT2D eigenvalue weighted by molar-refractivity contribution is 5.92. The summed E-state index contributed by atoms with van der Waals surface area (Å²) in [5, 5.41) is 0. The van der Waals surface area contributed by atoms with Crippen LogP contribution in [0.4, 0.5) is 0 Å². The van der Waals surface area contributed by atoms with Crippen LogP contribution in [-0.2, 0) is 0 Å². The molecule has 23 heavy (non-hydrogen) atoms. The zero-order valence-corrected chi connectivity index (χ0v) is 16.0. The van der Waals surface area contributed by atoms with E-state index >= 15 is 0 Å². The number of unbranched alkanes of at least 4 members (excludes halogenated alkanes) is 5. The lowest BCUT2D eigenvalue weighted by Gasteiger charge is -2.10. The van der Waals surface area contributed by atoms with Gasteiger partial charge in [0.25, 0.3) is 0 Å². The van der Waals surface area contributed by atoms with E-state index in [1.54, 1.807) is 0 Å². The van der Waals surface area contributed by atoms with Crippen molar-refractivity contribution in [2.45, 2.75) is 91.9 Å². The molecule has 0 unspecified atom stereocenters. The minimum atomic E-state index is -0.0403. The number of guanidine groups is 2. The molecule has 5 heteroatoms. The summed E-state index contributed by atoms with van der Waals surface area (Å²) >= 11 is 0. The summed E-state index contributed by atoms with van der Waals surface area (Å²) in [5.74, 6) is 1.04. The molecule has 0 amide bonds. The standard InChI is InChI=1S/C13H29N5.C5H12/c1-3-11(4-2)9-7-5-6-8-10-17-13(16)18-12(14)15;1-3-5-4-2/h11H,3-10H2,1-2H3,(H6,14,15,16,17,18);3-5H2,1-2H3. The molecule has 0 radical (unpaired) electrons. The number of aliphatic imine (C=N–C) groups is 2. The van der Waals surface area contributed by atoms with Gasteiger partial charge in [0, 0.05) is 6.54 Å². The average molecular weight is 328 g/mol. The summed E-state index contributed by atoms with van der Waals surface area (Å²) in [6.07, 6.45) is 12.9. The summed E-state index contributed by atoms with van der Waals surface area (Å²) < 4.78 is 0. The maximum atomic E-state index is 5.49. The van der Waals surface area contributed by atoms with Crippen molar-refractivity contribution in [3.8, 4) is 0 Å². The topological polar surface area (TPSA) is 103 Å². The van der Waals surface area contributed by atoms with E-state index in [0.717, 1.165) is 12.3 Å². The third-order valence-electron chi connectivity index (χ3n) is 3.90. The molecule has 0 spiro atoms. The highest BCUT2D eigenvalue weighted by Gasteiger charge is 2.02. The van der Waals surface area contributed by atoms with Crippen LogP contribution in [0, 0.1) is 5.92 Å². The number of nitrogens with two attached hydrogens (primary N) is 3. The van der Waals surface area contributed by atoms with E-state index in [0.29, 0.717) is 6.54 Å². The lowest BCUT2D eigenvalue weighted by atomic mass is 9.96. The van der Waals surface area contributed by atoms with Gasteiger partial charge < -0.3 is 17.2 Å². The van der Waals surface area contributed by atoms with Gasteiger partial charge in [-0.1, -0.05) is 85.5 Å². The summed E-state index contributed by atoms with van der Waals surface area (Å²) in [6, 6.07) is 0. The van der Waals surface area contributed by atoms with Crippen LogP contribution < -0.4 is 17.2 Å². The van der Waals surface area contributed by atoms with Crippen LogP contribution in [0.25, 0.3) is 0 Å². The minimum absolute atomic E-state index is 0.0403. The number of nitrogens with zero attached hydrogens (tertiary/aromatic N) is 2. The molecule has 0 aliphatic carbocycles. The molecular weight excluding hydrogens is 286 g/mol. The molecule has 0 aliphatic rings. The van der Waals surface area contributed by atoms with Gasteiger partial charge in [0.1, 0.15) is 0 Å². The first kappa shape index (κ1) is 24.0. The smallest absolute Gasteiger partial charge is 0.218 e. The van der Waals surface area contributed by atoms with Gasteiger partial charge in [-0.05, 0) is 12.3 Å². The van der Waals surface area contributed by atoms with E-state index in [4.69, 9.17) is 17.2 Å². The van der Waals surface area contributed by atoms with Gasteiger partial charge in [0.2, 0.25) is 5.96 Å². The van der Waals surface area contributed by atoms with Crippen LogP contribution >= 0.6 is 0 Å². The molecule has 0 atom stereocenters. The van der Waals surface area contributed by atoms with Gasteiger partial charge in [-0.15, -0.1) is 0 Å². The molecule has 6 N–H and O–H groups in total. The molecule has 0 saturated heterocycles. The molecule has 0 heterocycles. The SMILES string of the molecule is CCC(CC)CCCCCCN=C(N)N=C(N)N.CCCCC. The van der Waals surface area contributed by atoms with Crippen molar-refractivity contribution >= 4 is 11.9 Å². The maximum absolute atomic E-state index is 5.49. The number of hydrogen-bond acceptors (Lipinski definition) is 1. The molecule has 0 saturated carbocycles. The lowest BCUT2D eigenvalue weighted by molar-refractivity contribution is 0.429. The Morgan fingerprint density at radius 1 is 0.783 bits per heavy atom. The predicted octanol–water partition coefficient (Wildman–Crippen LogP) is 4.16. The molecule has 138 valence electrons. The Hall–Kier alpha value is -1.26. The molecule has 0 aliphatic heterocycles. The molecule has 5 nitrogen and oxygen atoms in total. The summed E-state index contributed by atoms with van der Waals surface area (Å²) in [5.41, 5.74) is 15.9. The van der Waals surface area contributed by atoms with Crippen molar-refractivity contribution in [2.24, 2.45) is 33.1 Å². The highest BCUT2D eigenvalue weighted by Crippen LogP contribution is 2.16. The molecule has 0 bridgehead atoms. The molecule has 0 rings (SSSR count). The maximum Gasteiger partial charge on any atom is 0.218 e. The van der Waals surface area contributed by atoms with Crippen molar-refractivity contribution in [1.82, 2.24) is 0 Å². The normalized spacial score (nSPS) is 11.1. The van der Waals surface area contributed by atoms with Crippen LogP contribution in [0.15, 0.2) is 9.98 Å². The first-order valence-electron chi connectivity index (χ1n) is 9.41. The van der Waals surface area contributed by atoms with Gasteiger partial charge in [-0.25, -0.2) is 0 Å². The van der Waals surface area contributed by atoms with Crippen molar-refractivity contribution in [3.05, 3.63) is 0 Å². The van der Waals surface area contributed by atoms with Crippen LogP contribution in [0.3, 0.4) is 0 Å². The van der Waals surface area contributed by atoms with Crippen molar-refractivity contribution < 1.29 is 0 Å². The van der Waals surface area contributed by atoms with E-state index in [2.05, 4.69) is 37.7 Å². The fraction of sp³-hybridized carbons (Fsp3) is 0.889. The zero-order chi connectivity index (χ0) is 17.9. The third kappa shape index (κ3) is 20.7. The Labute approximate surface area is 144 Å². The third-order valence-corrected chi connectivity index (χ3v) is 3.90. The van der Waals surface area contributed by atoms with Crippen molar-refractivity contribution in [2.75, 3.05) is 6.54 Å². The number of rotatable bonds is 11. The summed E-state index contributed by atoms with van der Waals surface area (Å²) in [4.78, 5) is 7.73. The lowest BCUT2D eigenvalue weighted by Crippen LogP contribution is -2.26. The van der Waals surface area contributed by atoms with E-state index < -0.39 is 0 Å². The van der Waals surface area contributed by atoms with E-state index in [1.807, 2.05) is 0 Å². The predicted molar refractivity (Wildman–Crippen MR) is 105 cm³/mol. The monoisotopic (exact) mass is 327 g/mol. The average Bonchev–Trinajstić information content (AvgIpc) is 2.51. The minimum Gasteiger partial charge on any atom is -0.370 e. The van der Waals surface area contributed by atoms with E-state index in [-0.39, 0.29) is 11.9 Å². The second kappa shape index (κ2) is 18.8. The second-order valence-electron chi connectivity index (χ2n) is 6.02. The number of hydrogen-bond donors (Lipinski definition) is 3. The molecule has 0 fully saturated rings.